The highest BCUT2D eigenvalue weighted by Gasteiger charge is 2.33. The van der Waals surface area contributed by atoms with Crippen molar-refractivity contribution >= 4 is 40.3 Å². The van der Waals surface area contributed by atoms with Crippen molar-refractivity contribution in [2.45, 2.75) is 33.1 Å². The van der Waals surface area contributed by atoms with Crippen molar-refractivity contribution in [2.24, 2.45) is 5.10 Å². The first-order valence-corrected chi connectivity index (χ1v) is 11.5. The monoisotopic (exact) mass is 491 g/mol. The van der Waals surface area contributed by atoms with E-state index in [0.29, 0.717) is 33.9 Å². The Morgan fingerprint density at radius 2 is 1.85 bits per heavy atom. The molecular weight excluding hydrogens is 466 g/mol. The van der Waals surface area contributed by atoms with Gasteiger partial charge in [-0.25, -0.2) is 5.01 Å². The quantitative estimate of drug-likeness (QED) is 0.576. The summed E-state index contributed by atoms with van der Waals surface area (Å²) in [6, 6.07) is 9.43. The Hall–Kier alpha value is -2.91. The van der Waals surface area contributed by atoms with Crippen molar-refractivity contribution in [3.63, 3.8) is 0 Å². The number of hydrazone groups is 1. The summed E-state index contributed by atoms with van der Waals surface area (Å²) in [6.45, 7) is 7.40. The number of halogens is 1. The SMILES string of the molecule is COc1cc(C2SC(NC(C)=O)=NN2C(C)=O)cc(Cl)c1OCCOc1ccc(C)cc1C. The molecule has 3 rings (SSSR count). The van der Waals surface area contributed by atoms with E-state index >= 15 is 0 Å². The van der Waals surface area contributed by atoms with Crippen LogP contribution >= 0.6 is 23.4 Å². The number of nitrogens with one attached hydrogen (secondary N) is 1. The molecular formula is C23H26ClN3O5S. The number of methoxy groups -OCH3 is 1. The number of carbonyl (C=O) groups is 2. The Morgan fingerprint density at radius 3 is 2.48 bits per heavy atom. The summed E-state index contributed by atoms with van der Waals surface area (Å²) in [5.41, 5.74) is 2.91. The van der Waals surface area contributed by atoms with Gasteiger partial charge in [0.25, 0.3) is 0 Å². The Bertz CT molecular complexity index is 1090. The molecule has 1 atom stereocenters. The average Bonchev–Trinajstić information content (AvgIpc) is 3.16. The van der Waals surface area contributed by atoms with Gasteiger partial charge in [-0.2, -0.15) is 0 Å². The molecule has 2 amide bonds. The van der Waals surface area contributed by atoms with Gasteiger partial charge >= 0.3 is 0 Å². The van der Waals surface area contributed by atoms with E-state index in [4.69, 9.17) is 25.8 Å². The van der Waals surface area contributed by atoms with Gasteiger partial charge in [0.05, 0.1) is 12.1 Å². The lowest BCUT2D eigenvalue weighted by Gasteiger charge is -2.21. The number of hydrogen-bond donors (Lipinski definition) is 1. The van der Waals surface area contributed by atoms with Crippen LogP contribution in [0.5, 0.6) is 17.2 Å². The molecule has 1 aliphatic heterocycles. The number of benzene rings is 2. The van der Waals surface area contributed by atoms with Crippen LogP contribution in [-0.2, 0) is 9.59 Å². The summed E-state index contributed by atoms with van der Waals surface area (Å²) in [5.74, 6) is 1.06. The lowest BCUT2D eigenvalue weighted by molar-refractivity contribution is -0.129. The Balaban J connectivity index is 1.71. The average molecular weight is 492 g/mol. The normalized spacial score (nSPS) is 15.2. The Labute approximate surface area is 202 Å². The summed E-state index contributed by atoms with van der Waals surface area (Å²) in [6.07, 6.45) is 0. The van der Waals surface area contributed by atoms with Crippen molar-refractivity contribution < 1.29 is 23.8 Å². The van der Waals surface area contributed by atoms with Crippen LogP contribution in [0.15, 0.2) is 35.4 Å². The largest absolute Gasteiger partial charge is 0.493 e. The highest BCUT2D eigenvalue weighted by molar-refractivity contribution is 8.14. The molecule has 0 aliphatic carbocycles. The van der Waals surface area contributed by atoms with E-state index < -0.39 is 5.37 Å². The van der Waals surface area contributed by atoms with Gasteiger partial charge in [0.2, 0.25) is 11.8 Å². The van der Waals surface area contributed by atoms with E-state index in [0.717, 1.165) is 11.3 Å². The van der Waals surface area contributed by atoms with Gasteiger partial charge < -0.3 is 19.5 Å². The first kappa shape index (κ1) is 24.7. The minimum Gasteiger partial charge on any atom is -0.493 e. The zero-order chi connectivity index (χ0) is 24.1. The number of hydrogen-bond acceptors (Lipinski definition) is 7. The second-order valence-corrected chi connectivity index (χ2v) is 8.90. The molecule has 0 saturated heterocycles. The molecule has 2 aromatic rings. The number of rotatable bonds is 7. The van der Waals surface area contributed by atoms with E-state index in [-0.39, 0.29) is 18.4 Å². The summed E-state index contributed by atoms with van der Waals surface area (Å²) in [4.78, 5) is 23.5. The molecule has 8 nitrogen and oxygen atoms in total. The molecule has 0 saturated carbocycles. The molecule has 1 N–H and O–H groups in total. The third-order valence-corrected chi connectivity index (χ3v) is 6.09. The number of amides is 2. The number of amidine groups is 1. The van der Waals surface area contributed by atoms with Crippen LogP contribution in [0.2, 0.25) is 5.02 Å². The lowest BCUT2D eigenvalue weighted by Crippen LogP contribution is -2.25. The van der Waals surface area contributed by atoms with Crippen LogP contribution in [0, 0.1) is 13.8 Å². The van der Waals surface area contributed by atoms with Crippen LogP contribution in [0.3, 0.4) is 0 Å². The van der Waals surface area contributed by atoms with Crippen molar-refractivity contribution in [3.05, 3.63) is 52.0 Å². The van der Waals surface area contributed by atoms with Gasteiger partial charge in [0.1, 0.15) is 24.3 Å². The van der Waals surface area contributed by atoms with E-state index in [1.54, 1.807) is 12.1 Å². The molecule has 0 spiro atoms. The number of thioether (sulfide) groups is 1. The second kappa shape index (κ2) is 10.8. The molecule has 176 valence electrons. The number of carbonyl (C=O) groups excluding carboxylic acids is 2. The first-order valence-electron chi connectivity index (χ1n) is 10.2. The van der Waals surface area contributed by atoms with Crippen LogP contribution in [-0.4, -0.2) is 42.3 Å². The molecule has 2 aromatic carbocycles. The number of ether oxygens (including phenoxy) is 3. The van der Waals surface area contributed by atoms with Crippen LogP contribution < -0.4 is 19.5 Å². The smallest absolute Gasteiger partial charge is 0.241 e. The summed E-state index contributed by atoms with van der Waals surface area (Å²) in [7, 11) is 1.51. The third kappa shape index (κ3) is 6.11. The molecule has 0 bridgehead atoms. The van der Waals surface area contributed by atoms with Gasteiger partial charge in [-0.3, -0.25) is 9.59 Å². The zero-order valence-electron chi connectivity index (χ0n) is 19.1. The molecule has 1 heterocycles. The highest BCUT2D eigenvalue weighted by Crippen LogP contribution is 2.44. The molecule has 0 fully saturated rings. The minimum absolute atomic E-state index is 0.260. The Kier molecular flexibility index (Phi) is 8.10. The van der Waals surface area contributed by atoms with Gasteiger partial charge in [-0.05, 0) is 43.2 Å². The van der Waals surface area contributed by atoms with Crippen molar-refractivity contribution in [1.82, 2.24) is 10.3 Å². The molecule has 1 aliphatic rings. The first-order chi connectivity index (χ1) is 15.7. The van der Waals surface area contributed by atoms with E-state index in [9.17, 15) is 9.59 Å². The van der Waals surface area contributed by atoms with Gasteiger partial charge in [0.15, 0.2) is 16.7 Å². The fourth-order valence-corrected chi connectivity index (χ4v) is 4.65. The van der Waals surface area contributed by atoms with Crippen LogP contribution in [0.1, 0.15) is 35.9 Å². The van der Waals surface area contributed by atoms with E-state index in [1.807, 2.05) is 26.0 Å². The fourth-order valence-electron chi connectivity index (χ4n) is 3.26. The van der Waals surface area contributed by atoms with Crippen LogP contribution in [0.4, 0.5) is 0 Å². The van der Waals surface area contributed by atoms with Gasteiger partial charge in [-0.1, -0.05) is 41.1 Å². The zero-order valence-corrected chi connectivity index (χ0v) is 20.7. The predicted molar refractivity (Wildman–Crippen MR) is 129 cm³/mol. The summed E-state index contributed by atoms with van der Waals surface area (Å²) in [5, 5.41) is 8.26. The van der Waals surface area contributed by atoms with E-state index in [1.165, 1.54) is 43.3 Å². The molecule has 0 radical (unpaired) electrons. The van der Waals surface area contributed by atoms with Crippen LogP contribution in [0.25, 0.3) is 0 Å². The second-order valence-electron chi connectivity index (χ2n) is 7.42. The summed E-state index contributed by atoms with van der Waals surface area (Å²) < 4.78 is 17.2. The fraction of sp³-hybridized carbons (Fsp3) is 0.348. The lowest BCUT2D eigenvalue weighted by atomic mass is 10.1. The summed E-state index contributed by atoms with van der Waals surface area (Å²) >= 11 is 7.74. The molecule has 10 heteroatoms. The molecule has 0 aromatic heterocycles. The predicted octanol–water partition coefficient (Wildman–Crippen LogP) is 4.42. The van der Waals surface area contributed by atoms with Crippen molar-refractivity contribution in [1.29, 1.82) is 0 Å². The topological polar surface area (TPSA) is 89.5 Å². The maximum Gasteiger partial charge on any atom is 0.241 e. The minimum atomic E-state index is -0.502. The molecule has 1 unspecified atom stereocenters. The highest BCUT2D eigenvalue weighted by atomic mass is 35.5. The maximum atomic E-state index is 12.1. The standard InChI is InChI=1S/C23H26ClN3O5S/c1-13-6-7-19(14(2)10-13)31-8-9-32-21-18(24)11-17(12-20(21)30-5)22-27(16(4)29)26-23(33-22)25-15(3)28/h6-7,10-12,22H,8-9H2,1-5H3,(H,25,26,28). The Morgan fingerprint density at radius 1 is 1.12 bits per heavy atom. The third-order valence-electron chi connectivity index (χ3n) is 4.70. The number of nitrogens with zero attached hydrogens (tertiary/aromatic N) is 2. The number of aryl methyl sites for hydroxylation is 2. The maximum absolute atomic E-state index is 12.1. The van der Waals surface area contributed by atoms with E-state index in [2.05, 4.69) is 16.5 Å². The van der Waals surface area contributed by atoms with Crippen molar-refractivity contribution in [3.8, 4) is 17.2 Å². The van der Waals surface area contributed by atoms with Gasteiger partial charge in [-0.15, -0.1) is 5.10 Å². The van der Waals surface area contributed by atoms with Gasteiger partial charge in [0, 0.05) is 13.8 Å². The van der Waals surface area contributed by atoms with Crippen molar-refractivity contribution in [2.75, 3.05) is 20.3 Å². The molecule has 33 heavy (non-hydrogen) atoms.